The van der Waals surface area contributed by atoms with E-state index >= 15 is 0 Å². The summed E-state index contributed by atoms with van der Waals surface area (Å²) in [5, 5.41) is 11.7. The lowest BCUT2D eigenvalue weighted by molar-refractivity contribution is -0.136. The number of benzene rings is 3. The van der Waals surface area contributed by atoms with Gasteiger partial charge in [0.25, 0.3) is 0 Å². The number of carbonyl (C=O) groups excluding carboxylic acids is 3. The first kappa shape index (κ1) is 41.7. The van der Waals surface area contributed by atoms with Gasteiger partial charge in [-0.15, -0.1) is 0 Å². The Balaban J connectivity index is 1.25. The average molecular weight is 794 g/mol. The Hall–Kier alpha value is -4.46. The van der Waals surface area contributed by atoms with Crippen molar-refractivity contribution in [2.45, 2.75) is 83.5 Å². The molecule has 14 heteroatoms. The summed E-state index contributed by atoms with van der Waals surface area (Å²) in [5.74, 6) is -0.265. The summed E-state index contributed by atoms with van der Waals surface area (Å²) in [6, 6.07) is 24.5. The first-order chi connectivity index (χ1) is 26.4. The van der Waals surface area contributed by atoms with Crippen LogP contribution in [0.2, 0.25) is 5.02 Å². The predicted octanol–water partition coefficient (Wildman–Crippen LogP) is 7.27. The molecule has 1 saturated heterocycles. The second kappa shape index (κ2) is 19.9. The second-order valence-corrected chi connectivity index (χ2v) is 16.8. The molecule has 1 saturated carbocycles. The molecular formula is C41H52ClN5O7S. The van der Waals surface area contributed by atoms with E-state index in [1.54, 1.807) is 29.2 Å². The zero-order valence-corrected chi connectivity index (χ0v) is 33.0. The predicted molar refractivity (Wildman–Crippen MR) is 212 cm³/mol. The number of carbonyl (C=O) groups is 3. The van der Waals surface area contributed by atoms with Crippen LogP contribution in [0, 0.1) is 16.7 Å². The zero-order chi connectivity index (χ0) is 39.3. The molecule has 3 N–H and O–H groups in total. The van der Waals surface area contributed by atoms with Crippen LogP contribution in [0.1, 0.15) is 74.5 Å². The molecule has 1 heterocycles. The van der Waals surface area contributed by atoms with Crippen molar-refractivity contribution in [3.05, 3.63) is 107 Å². The van der Waals surface area contributed by atoms with Crippen LogP contribution in [-0.2, 0) is 43.9 Å². The summed E-state index contributed by atoms with van der Waals surface area (Å²) in [5.41, 5.74) is 2.26. The summed E-state index contributed by atoms with van der Waals surface area (Å²) in [4.78, 5) is 43.0. The highest BCUT2D eigenvalue weighted by Gasteiger charge is 2.43. The third-order valence-corrected chi connectivity index (χ3v) is 11.7. The van der Waals surface area contributed by atoms with Crippen molar-refractivity contribution in [1.82, 2.24) is 19.8 Å². The van der Waals surface area contributed by atoms with Gasteiger partial charge in [0.15, 0.2) is 0 Å². The van der Waals surface area contributed by atoms with Gasteiger partial charge in [-0.2, -0.15) is 0 Å². The number of likely N-dealkylation sites (tertiary alicyclic amines) is 1. The molecule has 1 aliphatic carbocycles. The average Bonchev–Trinajstić information content (AvgIpc) is 3.19. The molecule has 3 aromatic rings. The van der Waals surface area contributed by atoms with Crippen LogP contribution in [0.15, 0.2) is 84.9 Å². The van der Waals surface area contributed by atoms with Gasteiger partial charge in [-0.1, -0.05) is 104 Å². The smallest absolute Gasteiger partial charge is 0.416 e. The molecule has 3 aromatic carbocycles. The fourth-order valence-electron chi connectivity index (χ4n) is 7.87. The highest BCUT2D eigenvalue weighted by atomic mass is 35.5. The number of amides is 3. The molecule has 0 spiro atoms. The molecule has 0 bridgehead atoms. The van der Waals surface area contributed by atoms with E-state index in [-0.39, 0.29) is 37.5 Å². The molecule has 12 nitrogen and oxygen atoms in total. The van der Waals surface area contributed by atoms with Gasteiger partial charge in [0.2, 0.25) is 21.9 Å². The Morgan fingerprint density at radius 1 is 0.873 bits per heavy atom. The van der Waals surface area contributed by atoms with Crippen LogP contribution >= 0.6 is 11.6 Å². The summed E-state index contributed by atoms with van der Waals surface area (Å²) in [6.45, 7) is 1.10. The molecule has 55 heavy (non-hydrogen) atoms. The molecule has 2 fully saturated rings. The van der Waals surface area contributed by atoms with Gasteiger partial charge in [-0.05, 0) is 85.1 Å². The van der Waals surface area contributed by atoms with Crippen molar-refractivity contribution in [3.63, 3.8) is 0 Å². The van der Waals surface area contributed by atoms with Gasteiger partial charge in [0, 0.05) is 24.7 Å². The number of sulfonamides is 1. The van der Waals surface area contributed by atoms with Crippen molar-refractivity contribution in [2.24, 2.45) is 11.3 Å². The van der Waals surface area contributed by atoms with Gasteiger partial charge in [0.05, 0.1) is 6.26 Å². The summed E-state index contributed by atoms with van der Waals surface area (Å²) in [7, 11) is -3.67. The fraction of sp³-hybridized carbons (Fsp3) is 0.463. The van der Waals surface area contributed by atoms with Gasteiger partial charge in [-0.25, -0.2) is 27.6 Å². The third kappa shape index (κ3) is 12.8. The standard InChI is InChI=1S/C41H52ClN5O7S/c1-55(51,52)45-36(28-31-18-20-35(42)21-19-31)37(48)46-26-23-41(24-27-46,34-16-9-4-10-17-34)22-11-25-47(40(50)54-30-33-14-7-3-8-15-33)38(43)44-39(49)53-29-32-12-5-2-6-13-32/h2-3,5-8,12-15,18-21,34,36,45H,4,9-11,16-17,22-30H2,1H3,(H2,43,44,49). The van der Waals surface area contributed by atoms with Gasteiger partial charge >= 0.3 is 12.2 Å². The van der Waals surface area contributed by atoms with E-state index < -0.39 is 34.2 Å². The number of hydrogen-bond donors (Lipinski definition) is 3. The number of guanidine groups is 1. The quantitative estimate of drug-likeness (QED) is 0.114. The number of nitrogens with one attached hydrogen (secondary N) is 3. The Morgan fingerprint density at radius 3 is 2.04 bits per heavy atom. The van der Waals surface area contributed by atoms with Crippen molar-refractivity contribution >= 4 is 45.7 Å². The van der Waals surface area contributed by atoms with Crippen LogP contribution in [-0.4, -0.2) is 74.2 Å². The lowest BCUT2D eigenvalue weighted by Crippen LogP contribution is -2.54. The van der Waals surface area contributed by atoms with Gasteiger partial charge < -0.3 is 14.4 Å². The maximum atomic E-state index is 13.9. The molecule has 0 radical (unpaired) electrons. The second-order valence-electron chi connectivity index (χ2n) is 14.6. The molecule has 1 unspecified atom stereocenters. The van der Waals surface area contributed by atoms with E-state index in [1.807, 2.05) is 60.7 Å². The van der Waals surface area contributed by atoms with Crippen LogP contribution in [0.3, 0.4) is 0 Å². The van der Waals surface area contributed by atoms with Crippen LogP contribution in [0.25, 0.3) is 0 Å². The first-order valence-corrected chi connectivity index (χ1v) is 21.2. The Morgan fingerprint density at radius 2 is 1.45 bits per heavy atom. The van der Waals surface area contributed by atoms with Crippen LogP contribution < -0.4 is 10.0 Å². The number of rotatable bonds is 14. The number of halogens is 1. The number of nitrogens with zero attached hydrogens (tertiary/aromatic N) is 2. The molecule has 1 aliphatic heterocycles. The fourth-order valence-corrected chi connectivity index (χ4v) is 8.70. The van der Waals surface area contributed by atoms with Crippen LogP contribution in [0.4, 0.5) is 9.59 Å². The lowest BCUT2D eigenvalue weighted by Gasteiger charge is -2.49. The van der Waals surface area contributed by atoms with Crippen molar-refractivity contribution in [1.29, 1.82) is 5.41 Å². The molecule has 2 aliphatic rings. The summed E-state index contributed by atoms with van der Waals surface area (Å²) in [6.07, 6.45) is 7.99. The zero-order valence-electron chi connectivity index (χ0n) is 31.4. The minimum absolute atomic E-state index is 0.00494. The van der Waals surface area contributed by atoms with E-state index in [4.69, 9.17) is 26.5 Å². The van der Waals surface area contributed by atoms with Crippen molar-refractivity contribution < 1.29 is 32.3 Å². The molecule has 1 atom stereocenters. The lowest BCUT2D eigenvalue weighted by atomic mass is 9.61. The minimum atomic E-state index is -3.67. The molecule has 0 aromatic heterocycles. The molecule has 296 valence electrons. The topological polar surface area (TPSA) is 158 Å². The van der Waals surface area contributed by atoms with Crippen LogP contribution in [0.5, 0.6) is 0 Å². The Kier molecular flexibility index (Phi) is 15.1. The molecule has 5 rings (SSSR count). The van der Waals surface area contributed by atoms with E-state index in [1.165, 1.54) is 6.42 Å². The SMILES string of the molecule is CS(=O)(=O)NC(Cc1ccc(Cl)cc1)C(=O)N1CCC(CCCN(C(=N)NC(=O)OCc2ccccc2)C(=O)OCc2ccccc2)(C2CCCCC2)CC1. The largest absolute Gasteiger partial charge is 0.444 e. The number of piperidine rings is 1. The molecule has 3 amide bonds. The maximum absolute atomic E-state index is 13.9. The number of hydrogen-bond acceptors (Lipinski definition) is 8. The van der Waals surface area contributed by atoms with E-state index in [2.05, 4.69) is 10.0 Å². The summed E-state index contributed by atoms with van der Waals surface area (Å²) >= 11 is 6.06. The highest BCUT2D eigenvalue weighted by Crippen LogP contribution is 2.49. The number of ether oxygens (including phenoxy) is 2. The molecular weight excluding hydrogens is 742 g/mol. The van der Waals surface area contributed by atoms with E-state index in [0.717, 1.165) is 72.8 Å². The monoisotopic (exact) mass is 793 g/mol. The van der Waals surface area contributed by atoms with E-state index in [0.29, 0.717) is 30.5 Å². The number of alkyl carbamates (subject to hydrolysis) is 1. The first-order valence-electron chi connectivity index (χ1n) is 19.0. The minimum Gasteiger partial charge on any atom is -0.444 e. The van der Waals surface area contributed by atoms with Gasteiger partial charge in [-0.3, -0.25) is 15.5 Å². The van der Waals surface area contributed by atoms with Gasteiger partial charge in [0.1, 0.15) is 19.3 Å². The highest BCUT2D eigenvalue weighted by molar-refractivity contribution is 7.88. The van der Waals surface area contributed by atoms with E-state index in [9.17, 15) is 22.8 Å². The Labute approximate surface area is 329 Å². The normalized spacial score (nSPS) is 16.4. The van der Waals surface area contributed by atoms with Crippen molar-refractivity contribution in [3.8, 4) is 0 Å². The van der Waals surface area contributed by atoms with Crippen molar-refractivity contribution in [2.75, 3.05) is 25.9 Å². The maximum Gasteiger partial charge on any atom is 0.416 e. The Bertz CT molecular complexity index is 1830. The third-order valence-electron chi connectivity index (χ3n) is 10.7. The summed E-state index contributed by atoms with van der Waals surface area (Å²) < 4.78 is 38.1.